The lowest BCUT2D eigenvalue weighted by Crippen LogP contribution is -2.39. The van der Waals surface area contributed by atoms with E-state index in [1.807, 2.05) is 0 Å². The van der Waals surface area contributed by atoms with Gasteiger partial charge in [-0.05, 0) is 39.8 Å². The summed E-state index contributed by atoms with van der Waals surface area (Å²) in [6.45, 7) is 9.91. The molecule has 2 rings (SSSR count). The quantitative estimate of drug-likeness (QED) is 0.864. The van der Waals surface area contributed by atoms with Crippen molar-refractivity contribution in [2.24, 2.45) is 0 Å². The van der Waals surface area contributed by atoms with Gasteiger partial charge < -0.3 is 5.32 Å². The summed E-state index contributed by atoms with van der Waals surface area (Å²) in [4.78, 5) is 11.5. The largest absolute Gasteiger partial charge is 0.315 e. The molecule has 1 aliphatic heterocycles. The fourth-order valence-electron chi connectivity index (χ4n) is 2.86. The topological polar surface area (TPSA) is 41.0 Å². The van der Waals surface area contributed by atoms with Crippen LogP contribution >= 0.6 is 0 Å². The Morgan fingerprint density at radius 3 is 2.83 bits per heavy atom. The highest BCUT2D eigenvalue weighted by atomic mass is 15.2. The van der Waals surface area contributed by atoms with E-state index in [2.05, 4.69) is 41.0 Å². The zero-order valence-electron chi connectivity index (χ0n) is 11.7. The van der Waals surface area contributed by atoms with E-state index in [-0.39, 0.29) is 0 Å². The third-order valence-corrected chi connectivity index (χ3v) is 3.80. The number of hydrogen-bond donors (Lipinski definition) is 1. The first-order chi connectivity index (χ1) is 8.74. The summed E-state index contributed by atoms with van der Waals surface area (Å²) in [7, 11) is 0. The van der Waals surface area contributed by atoms with Crippen molar-refractivity contribution in [3.05, 3.63) is 23.8 Å². The second-order valence-corrected chi connectivity index (χ2v) is 5.09. The van der Waals surface area contributed by atoms with Gasteiger partial charge in [-0.2, -0.15) is 0 Å². The van der Waals surface area contributed by atoms with Crippen LogP contribution < -0.4 is 5.32 Å². The van der Waals surface area contributed by atoms with Crippen molar-refractivity contribution in [1.29, 1.82) is 0 Å². The molecule has 4 heteroatoms. The van der Waals surface area contributed by atoms with Gasteiger partial charge in [0, 0.05) is 25.0 Å². The first-order valence-corrected chi connectivity index (χ1v) is 6.98. The minimum Gasteiger partial charge on any atom is -0.315 e. The third-order valence-electron chi connectivity index (χ3n) is 3.80. The zero-order chi connectivity index (χ0) is 13.0. The standard InChI is InChI=1S/C14H24N4/c1-4-9-18(13-5-6-15-10-13)12(3)14-11(2)16-7-8-17-14/h7-8,12-13,15H,4-6,9-10H2,1-3H3. The van der Waals surface area contributed by atoms with Gasteiger partial charge in [0.25, 0.3) is 0 Å². The van der Waals surface area contributed by atoms with Crippen molar-refractivity contribution in [3.63, 3.8) is 0 Å². The predicted molar refractivity (Wildman–Crippen MR) is 73.5 cm³/mol. The van der Waals surface area contributed by atoms with Crippen molar-refractivity contribution in [2.45, 2.75) is 45.7 Å². The van der Waals surface area contributed by atoms with E-state index in [1.54, 1.807) is 12.4 Å². The smallest absolute Gasteiger partial charge is 0.0784 e. The predicted octanol–water partition coefficient (Wildman–Crippen LogP) is 1.92. The molecule has 100 valence electrons. The van der Waals surface area contributed by atoms with Crippen LogP contribution in [0.4, 0.5) is 0 Å². The van der Waals surface area contributed by atoms with Crippen LogP contribution in [0.15, 0.2) is 12.4 Å². The Kier molecular flexibility index (Phi) is 4.66. The van der Waals surface area contributed by atoms with Crippen LogP contribution in [-0.4, -0.2) is 40.5 Å². The molecule has 0 radical (unpaired) electrons. The fourth-order valence-corrected chi connectivity index (χ4v) is 2.86. The zero-order valence-corrected chi connectivity index (χ0v) is 11.7. The van der Waals surface area contributed by atoms with E-state index in [0.717, 1.165) is 31.0 Å². The highest BCUT2D eigenvalue weighted by Crippen LogP contribution is 2.24. The number of nitrogens with zero attached hydrogens (tertiary/aromatic N) is 3. The maximum atomic E-state index is 4.53. The van der Waals surface area contributed by atoms with E-state index in [4.69, 9.17) is 0 Å². The van der Waals surface area contributed by atoms with Crippen LogP contribution in [0, 0.1) is 6.92 Å². The molecule has 0 aliphatic carbocycles. The highest BCUT2D eigenvalue weighted by molar-refractivity contribution is 5.13. The van der Waals surface area contributed by atoms with Crippen LogP contribution in [0.3, 0.4) is 0 Å². The summed E-state index contributed by atoms with van der Waals surface area (Å²) >= 11 is 0. The van der Waals surface area contributed by atoms with Gasteiger partial charge in [-0.25, -0.2) is 0 Å². The van der Waals surface area contributed by atoms with Gasteiger partial charge >= 0.3 is 0 Å². The first kappa shape index (κ1) is 13.4. The van der Waals surface area contributed by atoms with E-state index >= 15 is 0 Å². The molecule has 2 unspecified atom stereocenters. The van der Waals surface area contributed by atoms with Crippen molar-refractivity contribution in [1.82, 2.24) is 20.2 Å². The molecule has 1 aliphatic rings. The number of nitrogens with one attached hydrogen (secondary N) is 1. The van der Waals surface area contributed by atoms with Gasteiger partial charge in [-0.15, -0.1) is 0 Å². The van der Waals surface area contributed by atoms with Crippen LogP contribution in [0.1, 0.15) is 44.1 Å². The Balaban J connectivity index is 2.17. The van der Waals surface area contributed by atoms with Gasteiger partial charge in [-0.3, -0.25) is 14.9 Å². The molecule has 1 saturated heterocycles. The number of aromatic nitrogens is 2. The van der Waals surface area contributed by atoms with Gasteiger partial charge in [0.2, 0.25) is 0 Å². The Hall–Kier alpha value is -1.00. The van der Waals surface area contributed by atoms with Gasteiger partial charge in [0.1, 0.15) is 0 Å². The summed E-state index contributed by atoms with van der Waals surface area (Å²) in [6, 6.07) is 0.991. The van der Waals surface area contributed by atoms with E-state index in [1.165, 1.54) is 12.8 Å². The van der Waals surface area contributed by atoms with E-state index in [9.17, 15) is 0 Å². The fraction of sp³-hybridized carbons (Fsp3) is 0.714. The Morgan fingerprint density at radius 2 is 2.22 bits per heavy atom. The van der Waals surface area contributed by atoms with Crippen LogP contribution in [-0.2, 0) is 0 Å². The minimum absolute atomic E-state index is 0.351. The molecule has 2 atom stereocenters. The lowest BCUT2D eigenvalue weighted by molar-refractivity contribution is 0.150. The van der Waals surface area contributed by atoms with Gasteiger partial charge in [0.05, 0.1) is 17.4 Å². The second-order valence-electron chi connectivity index (χ2n) is 5.09. The highest BCUT2D eigenvalue weighted by Gasteiger charge is 2.27. The summed E-state index contributed by atoms with van der Waals surface area (Å²) in [5.74, 6) is 0. The summed E-state index contributed by atoms with van der Waals surface area (Å²) in [6.07, 6.45) is 5.99. The molecule has 0 amide bonds. The summed E-state index contributed by atoms with van der Waals surface area (Å²) in [5, 5.41) is 3.45. The Bertz CT molecular complexity index is 374. The molecule has 1 N–H and O–H groups in total. The number of hydrogen-bond acceptors (Lipinski definition) is 4. The first-order valence-electron chi connectivity index (χ1n) is 6.98. The maximum absolute atomic E-state index is 4.53. The molecule has 0 saturated carbocycles. The van der Waals surface area contributed by atoms with Crippen LogP contribution in [0.25, 0.3) is 0 Å². The average Bonchev–Trinajstić information content (AvgIpc) is 2.89. The molecule has 0 spiro atoms. The molecular formula is C14H24N4. The lowest BCUT2D eigenvalue weighted by Gasteiger charge is -2.33. The molecule has 1 aromatic rings. The van der Waals surface area contributed by atoms with Crippen molar-refractivity contribution >= 4 is 0 Å². The van der Waals surface area contributed by atoms with E-state index in [0.29, 0.717) is 12.1 Å². The van der Waals surface area contributed by atoms with Crippen molar-refractivity contribution in [3.8, 4) is 0 Å². The number of rotatable bonds is 5. The average molecular weight is 248 g/mol. The monoisotopic (exact) mass is 248 g/mol. The molecule has 0 aromatic carbocycles. The van der Waals surface area contributed by atoms with Gasteiger partial charge in [-0.1, -0.05) is 6.92 Å². The maximum Gasteiger partial charge on any atom is 0.0784 e. The minimum atomic E-state index is 0.351. The number of aryl methyl sites for hydroxylation is 1. The molecule has 0 bridgehead atoms. The normalized spacial score (nSPS) is 21.4. The molecule has 18 heavy (non-hydrogen) atoms. The molecule has 1 aromatic heterocycles. The van der Waals surface area contributed by atoms with Crippen LogP contribution in [0.5, 0.6) is 0 Å². The Morgan fingerprint density at radius 1 is 1.44 bits per heavy atom. The van der Waals surface area contributed by atoms with Crippen molar-refractivity contribution in [2.75, 3.05) is 19.6 Å². The van der Waals surface area contributed by atoms with Crippen molar-refractivity contribution < 1.29 is 0 Å². The molecular weight excluding hydrogens is 224 g/mol. The summed E-state index contributed by atoms with van der Waals surface area (Å²) in [5.41, 5.74) is 2.18. The van der Waals surface area contributed by atoms with E-state index < -0.39 is 0 Å². The molecule has 2 heterocycles. The third kappa shape index (κ3) is 2.87. The molecule has 1 fully saturated rings. The SMILES string of the molecule is CCCN(C1CCNC1)C(C)c1nccnc1C. The Labute approximate surface area is 110 Å². The lowest BCUT2D eigenvalue weighted by atomic mass is 10.1. The summed E-state index contributed by atoms with van der Waals surface area (Å²) < 4.78 is 0. The second kappa shape index (κ2) is 6.25. The van der Waals surface area contributed by atoms with Crippen LogP contribution in [0.2, 0.25) is 0 Å². The molecule has 4 nitrogen and oxygen atoms in total. The van der Waals surface area contributed by atoms with Gasteiger partial charge in [0.15, 0.2) is 0 Å².